The highest BCUT2D eigenvalue weighted by atomic mass is 19.1. The highest BCUT2D eigenvalue weighted by Crippen LogP contribution is 2.11. The minimum absolute atomic E-state index is 0.351. The van der Waals surface area contributed by atoms with Gasteiger partial charge in [0.1, 0.15) is 11.4 Å². The van der Waals surface area contributed by atoms with Crippen molar-refractivity contribution in [1.82, 2.24) is 0 Å². The monoisotopic (exact) mass is 163 g/mol. The minimum atomic E-state index is -0.478. The van der Waals surface area contributed by atoms with Gasteiger partial charge >= 0.3 is 5.63 Å². The van der Waals surface area contributed by atoms with Gasteiger partial charge in [-0.05, 0) is 18.2 Å². The molecule has 0 aliphatic rings. The predicted octanol–water partition coefficient (Wildman–Crippen LogP) is 1.73. The van der Waals surface area contributed by atoms with Crippen molar-refractivity contribution in [2.24, 2.45) is 0 Å². The van der Waals surface area contributed by atoms with Gasteiger partial charge < -0.3 is 4.42 Å². The summed E-state index contributed by atoms with van der Waals surface area (Å²) >= 11 is 0. The highest BCUT2D eigenvalue weighted by molar-refractivity contribution is 5.75. The zero-order valence-electron chi connectivity index (χ0n) is 6.00. The quantitative estimate of drug-likeness (QED) is 0.553. The Balaban J connectivity index is 2.87. The van der Waals surface area contributed by atoms with Crippen LogP contribution in [-0.4, -0.2) is 0 Å². The predicted molar refractivity (Wildman–Crippen MR) is 41.3 cm³/mol. The van der Waals surface area contributed by atoms with E-state index in [-0.39, 0.29) is 5.82 Å². The van der Waals surface area contributed by atoms with E-state index in [1.54, 1.807) is 0 Å². The number of rotatable bonds is 0. The average Bonchev–Trinajstić information content (AvgIpc) is 2.05. The molecule has 59 valence electrons. The van der Waals surface area contributed by atoms with Gasteiger partial charge in [-0.15, -0.1) is 0 Å². The summed E-state index contributed by atoms with van der Waals surface area (Å²) in [4.78, 5) is 10.7. The van der Waals surface area contributed by atoms with Crippen LogP contribution in [-0.2, 0) is 0 Å². The van der Waals surface area contributed by atoms with Crippen molar-refractivity contribution < 1.29 is 8.81 Å². The van der Waals surface area contributed by atoms with Gasteiger partial charge in [0.15, 0.2) is 0 Å². The molecular weight excluding hydrogens is 159 g/mol. The van der Waals surface area contributed by atoms with Crippen LogP contribution in [0.1, 0.15) is 0 Å². The van der Waals surface area contributed by atoms with Crippen LogP contribution in [0.4, 0.5) is 4.39 Å². The first kappa shape index (κ1) is 7.03. The number of fused-ring (bicyclic) bond motifs is 1. The van der Waals surface area contributed by atoms with Crippen LogP contribution < -0.4 is 5.63 Å². The fourth-order valence-electron chi connectivity index (χ4n) is 0.979. The van der Waals surface area contributed by atoms with E-state index in [1.165, 1.54) is 18.2 Å². The molecule has 1 aromatic heterocycles. The summed E-state index contributed by atoms with van der Waals surface area (Å²) in [5.41, 5.74) is -0.127. The topological polar surface area (TPSA) is 30.2 Å². The number of halogens is 1. The van der Waals surface area contributed by atoms with E-state index < -0.39 is 5.63 Å². The Hall–Kier alpha value is -1.64. The Morgan fingerprint density at radius 1 is 1.42 bits per heavy atom. The third kappa shape index (κ3) is 1.09. The van der Waals surface area contributed by atoms with Crippen molar-refractivity contribution in [3.63, 3.8) is 0 Å². The van der Waals surface area contributed by atoms with E-state index in [2.05, 4.69) is 6.07 Å². The fourth-order valence-corrected chi connectivity index (χ4v) is 0.979. The molecule has 1 radical (unpaired) electrons. The SMILES string of the molecule is O=c1c[c]c2cc(F)ccc2o1. The van der Waals surface area contributed by atoms with E-state index in [0.29, 0.717) is 11.0 Å². The van der Waals surface area contributed by atoms with Crippen molar-refractivity contribution in [2.45, 2.75) is 0 Å². The van der Waals surface area contributed by atoms with Gasteiger partial charge in [0, 0.05) is 17.5 Å². The fraction of sp³-hybridized carbons (Fsp3) is 0. The summed E-state index contributed by atoms with van der Waals surface area (Å²) in [7, 11) is 0. The maximum Gasteiger partial charge on any atom is 0.336 e. The van der Waals surface area contributed by atoms with Gasteiger partial charge in [-0.25, -0.2) is 9.18 Å². The largest absolute Gasteiger partial charge is 0.423 e. The molecule has 2 aromatic rings. The molecule has 1 aromatic carbocycles. The Bertz CT molecular complexity index is 473. The number of benzene rings is 1. The molecule has 12 heavy (non-hydrogen) atoms. The number of hydrogen-bond acceptors (Lipinski definition) is 2. The zero-order valence-corrected chi connectivity index (χ0v) is 6.00. The second-order valence-electron chi connectivity index (χ2n) is 2.35. The van der Waals surface area contributed by atoms with Gasteiger partial charge in [-0.1, -0.05) is 0 Å². The van der Waals surface area contributed by atoms with Crippen molar-refractivity contribution in [2.75, 3.05) is 0 Å². The lowest BCUT2D eigenvalue weighted by Crippen LogP contribution is -1.94. The Labute approximate surface area is 67.2 Å². The van der Waals surface area contributed by atoms with E-state index in [4.69, 9.17) is 4.42 Å². The van der Waals surface area contributed by atoms with Crippen LogP contribution >= 0.6 is 0 Å². The molecule has 0 saturated carbocycles. The molecule has 2 rings (SSSR count). The van der Waals surface area contributed by atoms with Gasteiger partial charge in [0.2, 0.25) is 0 Å². The van der Waals surface area contributed by atoms with E-state index in [1.807, 2.05) is 0 Å². The Kier molecular flexibility index (Phi) is 1.43. The van der Waals surface area contributed by atoms with E-state index in [0.717, 1.165) is 6.07 Å². The summed E-state index contributed by atoms with van der Waals surface area (Å²) in [5.74, 6) is -0.368. The molecule has 2 nitrogen and oxygen atoms in total. The molecule has 0 N–H and O–H groups in total. The summed E-state index contributed by atoms with van der Waals surface area (Å²) in [5, 5.41) is 0.467. The van der Waals surface area contributed by atoms with Gasteiger partial charge in [0.05, 0.1) is 0 Å². The van der Waals surface area contributed by atoms with E-state index in [9.17, 15) is 9.18 Å². The van der Waals surface area contributed by atoms with E-state index >= 15 is 0 Å². The lowest BCUT2D eigenvalue weighted by atomic mass is 10.2. The molecule has 0 bridgehead atoms. The Morgan fingerprint density at radius 3 is 3.08 bits per heavy atom. The van der Waals surface area contributed by atoms with Gasteiger partial charge in [0.25, 0.3) is 0 Å². The van der Waals surface area contributed by atoms with Gasteiger partial charge in [-0.2, -0.15) is 0 Å². The molecule has 0 aliphatic heterocycles. The van der Waals surface area contributed by atoms with Crippen LogP contribution in [0, 0.1) is 11.9 Å². The van der Waals surface area contributed by atoms with Gasteiger partial charge in [-0.3, -0.25) is 0 Å². The standard InChI is InChI=1S/C9H4FO2/c10-7-2-3-8-6(5-7)1-4-9(11)12-8/h2-5H. The van der Waals surface area contributed by atoms with Crippen molar-refractivity contribution in [3.05, 3.63) is 46.6 Å². The highest BCUT2D eigenvalue weighted by Gasteiger charge is 1.97. The minimum Gasteiger partial charge on any atom is -0.423 e. The van der Waals surface area contributed by atoms with Crippen LogP contribution in [0.2, 0.25) is 0 Å². The molecule has 0 fully saturated rings. The zero-order chi connectivity index (χ0) is 8.55. The third-order valence-corrected chi connectivity index (χ3v) is 1.50. The van der Waals surface area contributed by atoms with Crippen molar-refractivity contribution >= 4 is 11.0 Å². The molecule has 1 heterocycles. The van der Waals surface area contributed by atoms with Crippen molar-refractivity contribution in [3.8, 4) is 0 Å². The molecule has 0 amide bonds. The summed E-state index contributed by atoms with van der Waals surface area (Å²) in [6.07, 6.45) is 0. The van der Waals surface area contributed by atoms with Crippen LogP contribution in [0.3, 0.4) is 0 Å². The van der Waals surface area contributed by atoms with Crippen LogP contribution in [0.15, 0.2) is 33.5 Å². The second kappa shape index (κ2) is 2.44. The first-order valence-electron chi connectivity index (χ1n) is 3.37. The van der Waals surface area contributed by atoms with Crippen LogP contribution in [0.25, 0.3) is 11.0 Å². The normalized spacial score (nSPS) is 10.4. The molecule has 0 spiro atoms. The molecule has 0 unspecified atom stereocenters. The lowest BCUT2D eigenvalue weighted by Gasteiger charge is -1.93. The maximum absolute atomic E-state index is 12.6. The summed E-state index contributed by atoms with van der Waals surface area (Å²) in [6, 6.07) is 7.66. The summed E-state index contributed by atoms with van der Waals surface area (Å²) < 4.78 is 17.4. The smallest absolute Gasteiger partial charge is 0.336 e. The third-order valence-electron chi connectivity index (χ3n) is 1.50. The summed E-state index contributed by atoms with van der Waals surface area (Å²) in [6.45, 7) is 0. The molecule has 3 heteroatoms. The lowest BCUT2D eigenvalue weighted by molar-refractivity contribution is 0.558. The maximum atomic E-state index is 12.6. The Morgan fingerprint density at radius 2 is 2.25 bits per heavy atom. The average molecular weight is 163 g/mol. The number of hydrogen-bond donors (Lipinski definition) is 0. The molecule has 0 aliphatic carbocycles. The first-order chi connectivity index (χ1) is 5.75. The molecular formula is C9H4FO2. The second-order valence-corrected chi connectivity index (χ2v) is 2.35. The first-order valence-corrected chi connectivity index (χ1v) is 3.37. The molecule has 0 atom stereocenters. The molecule has 0 saturated heterocycles. The van der Waals surface area contributed by atoms with Crippen LogP contribution in [0.5, 0.6) is 0 Å². The van der Waals surface area contributed by atoms with Crippen molar-refractivity contribution in [1.29, 1.82) is 0 Å².